The molecule has 168 valence electrons. The normalized spacial score (nSPS) is 18.6. The van der Waals surface area contributed by atoms with Gasteiger partial charge in [-0.2, -0.15) is 0 Å². The van der Waals surface area contributed by atoms with Crippen LogP contribution in [0.5, 0.6) is 5.75 Å². The Balaban J connectivity index is 1.34. The van der Waals surface area contributed by atoms with Gasteiger partial charge in [0.1, 0.15) is 10.1 Å². The summed E-state index contributed by atoms with van der Waals surface area (Å²) >= 11 is 6.92. The predicted molar refractivity (Wildman–Crippen MR) is 137 cm³/mol. The molecule has 0 aliphatic carbocycles. The van der Waals surface area contributed by atoms with Crippen LogP contribution in [0.25, 0.3) is 6.08 Å². The van der Waals surface area contributed by atoms with Gasteiger partial charge in [-0.05, 0) is 54.8 Å². The first kappa shape index (κ1) is 22.8. The van der Waals surface area contributed by atoms with Gasteiger partial charge in [-0.15, -0.1) is 0 Å². The molecule has 7 heteroatoms. The number of hydrogen-bond acceptors (Lipinski definition) is 6. The lowest BCUT2D eigenvalue weighted by molar-refractivity contribution is -0.123. The molecule has 2 aliphatic rings. The van der Waals surface area contributed by atoms with E-state index in [-0.39, 0.29) is 5.91 Å². The minimum Gasteiger partial charge on any atom is -0.494 e. The van der Waals surface area contributed by atoms with Crippen molar-refractivity contribution in [3.8, 4) is 5.75 Å². The zero-order valence-corrected chi connectivity index (χ0v) is 20.3. The topological polar surface area (TPSA) is 36.0 Å². The van der Waals surface area contributed by atoms with E-state index < -0.39 is 0 Å². The Hall–Kier alpha value is -2.35. The molecule has 2 heterocycles. The molecular weight excluding hydrogens is 438 g/mol. The van der Waals surface area contributed by atoms with Crippen molar-refractivity contribution in [1.29, 1.82) is 0 Å². The lowest BCUT2D eigenvalue weighted by atomic mass is 10.2. The van der Waals surface area contributed by atoms with E-state index in [1.54, 1.807) is 4.90 Å². The SMILES string of the molecule is CCCOc1ccc(C=C2SC(=S)N(CN3CCN(c4cccc(C)c4)CC3)C2=O)cc1. The molecule has 0 aromatic heterocycles. The first-order valence-electron chi connectivity index (χ1n) is 11.1. The third kappa shape index (κ3) is 5.52. The van der Waals surface area contributed by atoms with Gasteiger partial charge >= 0.3 is 0 Å². The van der Waals surface area contributed by atoms with Gasteiger partial charge < -0.3 is 9.64 Å². The molecule has 0 saturated carbocycles. The number of nitrogens with zero attached hydrogens (tertiary/aromatic N) is 3. The first-order valence-corrected chi connectivity index (χ1v) is 12.3. The van der Waals surface area contributed by atoms with Gasteiger partial charge in [0.2, 0.25) is 0 Å². The summed E-state index contributed by atoms with van der Waals surface area (Å²) in [5.41, 5.74) is 3.52. The van der Waals surface area contributed by atoms with Crippen molar-refractivity contribution in [1.82, 2.24) is 9.80 Å². The van der Waals surface area contributed by atoms with Crippen LogP contribution in [0.15, 0.2) is 53.4 Å². The van der Waals surface area contributed by atoms with Gasteiger partial charge in [-0.3, -0.25) is 14.6 Å². The summed E-state index contributed by atoms with van der Waals surface area (Å²) in [4.78, 5) is 20.1. The van der Waals surface area contributed by atoms with E-state index in [1.165, 1.54) is 23.0 Å². The lowest BCUT2D eigenvalue weighted by Crippen LogP contribution is -2.50. The van der Waals surface area contributed by atoms with E-state index in [9.17, 15) is 4.79 Å². The Kier molecular flexibility index (Phi) is 7.50. The van der Waals surface area contributed by atoms with E-state index in [0.717, 1.165) is 43.9 Å². The van der Waals surface area contributed by atoms with Gasteiger partial charge in [0, 0.05) is 31.9 Å². The van der Waals surface area contributed by atoms with Gasteiger partial charge in [0.25, 0.3) is 5.91 Å². The van der Waals surface area contributed by atoms with Crippen LogP contribution >= 0.6 is 24.0 Å². The average molecular weight is 468 g/mol. The van der Waals surface area contributed by atoms with E-state index >= 15 is 0 Å². The number of carbonyl (C=O) groups excluding carboxylic acids is 1. The minimum atomic E-state index is -0.00702. The molecule has 2 aliphatic heterocycles. The molecule has 2 aromatic rings. The van der Waals surface area contributed by atoms with Gasteiger partial charge in [0.15, 0.2) is 0 Å². The number of benzene rings is 2. The molecule has 2 fully saturated rings. The number of thioether (sulfide) groups is 1. The maximum atomic E-state index is 13.0. The molecule has 5 nitrogen and oxygen atoms in total. The van der Waals surface area contributed by atoms with Crippen molar-refractivity contribution in [2.75, 3.05) is 44.4 Å². The van der Waals surface area contributed by atoms with Crippen LogP contribution in [-0.4, -0.2) is 59.5 Å². The maximum absolute atomic E-state index is 13.0. The van der Waals surface area contributed by atoms with Crippen molar-refractivity contribution in [2.24, 2.45) is 0 Å². The summed E-state index contributed by atoms with van der Waals surface area (Å²) in [7, 11) is 0. The lowest BCUT2D eigenvalue weighted by Gasteiger charge is -2.37. The summed E-state index contributed by atoms with van der Waals surface area (Å²) in [6.45, 7) is 9.16. The average Bonchev–Trinajstić information content (AvgIpc) is 3.06. The molecule has 0 radical (unpaired) electrons. The third-order valence-corrected chi connectivity index (χ3v) is 6.98. The highest BCUT2D eigenvalue weighted by molar-refractivity contribution is 8.26. The van der Waals surface area contributed by atoms with Crippen LogP contribution in [0, 0.1) is 6.92 Å². The molecule has 4 rings (SSSR count). The molecule has 1 amide bonds. The van der Waals surface area contributed by atoms with Gasteiger partial charge in [-0.1, -0.05) is 55.2 Å². The molecule has 2 saturated heterocycles. The second-order valence-electron chi connectivity index (χ2n) is 8.11. The number of anilines is 1. The highest BCUT2D eigenvalue weighted by Gasteiger charge is 2.33. The second kappa shape index (κ2) is 10.5. The summed E-state index contributed by atoms with van der Waals surface area (Å²) in [5, 5.41) is 0. The molecule has 0 spiro atoms. The Morgan fingerprint density at radius 1 is 1.09 bits per heavy atom. The number of amides is 1. The summed E-state index contributed by atoms with van der Waals surface area (Å²) < 4.78 is 6.26. The summed E-state index contributed by atoms with van der Waals surface area (Å²) in [6, 6.07) is 16.4. The van der Waals surface area contributed by atoms with E-state index in [2.05, 4.69) is 47.9 Å². The molecule has 0 bridgehead atoms. The van der Waals surface area contributed by atoms with E-state index in [4.69, 9.17) is 17.0 Å². The molecule has 2 aromatic carbocycles. The quantitative estimate of drug-likeness (QED) is 0.431. The molecule has 0 N–H and O–H groups in total. The number of piperazine rings is 1. The monoisotopic (exact) mass is 467 g/mol. The molecule has 0 unspecified atom stereocenters. The van der Waals surface area contributed by atoms with Crippen molar-refractivity contribution in [3.05, 3.63) is 64.6 Å². The fourth-order valence-electron chi connectivity index (χ4n) is 3.83. The Morgan fingerprint density at radius 3 is 2.53 bits per heavy atom. The second-order valence-corrected chi connectivity index (χ2v) is 9.79. The van der Waals surface area contributed by atoms with Crippen LogP contribution in [0.3, 0.4) is 0 Å². The molecule has 32 heavy (non-hydrogen) atoms. The fourth-order valence-corrected chi connectivity index (χ4v) is 5.07. The first-order chi connectivity index (χ1) is 15.5. The Bertz CT molecular complexity index is 999. The van der Waals surface area contributed by atoms with Crippen LogP contribution in [0.4, 0.5) is 5.69 Å². The third-order valence-electron chi connectivity index (χ3n) is 5.60. The molecule has 0 atom stereocenters. The standard InChI is InChI=1S/C25H29N3O2S2/c1-3-15-30-22-9-7-20(8-10-22)17-23-24(29)28(25(31)32-23)18-26-11-13-27(14-12-26)21-6-4-5-19(2)16-21/h4-10,16-17H,3,11-15,18H2,1-2H3. The highest BCUT2D eigenvalue weighted by Crippen LogP contribution is 2.33. The zero-order chi connectivity index (χ0) is 22.5. The Labute approximate surface area is 200 Å². The summed E-state index contributed by atoms with van der Waals surface area (Å²) in [5.74, 6) is 0.841. The van der Waals surface area contributed by atoms with E-state index in [1.807, 2.05) is 30.3 Å². The molecular formula is C25H29N3O2S2. The van der Waals surface area contributed by atoms with Gasteiger partial charge in [0.05, 0.1) is 18.2 Å². The fraction of sp³-hybridized carbons (Fsp3) is 0.360. The van der Waals surface area contributed by atoms with Crippen LogP contribution in [0.1, 0.15) is 24.5 Å². The van der Waals surface area contributed by atoms with Crippen LogP contribution in [0.2, 0.25) is 0 Å². The Morgan fingerprint density at radius 2 is 1.84 bits per heavy atom. The zero-order valence-electron chi connectivity index (χ0n) is 18.6. The number of thiocarbonyl (C=S) groups is 1. The van der Waals surface area contributed by atoms with Gasteiger partial charge in [-0.25, -0.2) is 0 Å². The smallest absolute Gasteiger partial charge is 0.267 e. The summed E-state index contributed by atoms with van der Waals surface area (Å²) in [6.07, 6.45) is 2.89. The number of aryl methyl sites for hydroxylation is 1. The number of ether oxygens (including phenoxy) is 1. The largest absolute Gasteiger partial charge is 0.494 e. The predicted octanol–water partition coefficient (Wildman–Crippen LogP) is 4.76. The van der Waals surface area contributed by atoms with E-state index in [0.29, 0.717) is 22.5 Å². The van der Waals surface area contributed by atoms with Crippen LogP contribution < -0.4 is 9.64 Å². The van der Waals surface area contributed by atoms with Crippen molar-refractivity contribution < 1.29 is 9.53 Å². The highest BCUT2D eigenvalue weighted by atomic mass is 32.2. The number of carbonyl (C=O) groups is 1. The van der Waals surface area contributed by atoms with Crippen molar-refractivity contribution in [3.63, 3.8) is 0 Å². The van der Waals surface area contributed by atoms with Crippen molar-refractivity contribution in [2.45, 2.75) is 20.3 Å². The number of hydrogen-bond donors (Lipinski definition) is 0. The maximum Gasteiger partial charge on any atom is 0.267 e. The van der Waals surface area contributed by atoms with Crippen LogP contribution in [-0.2, 0) is 4.79 Å². The van der Waals surface area contributed by atoms with Crippen molar-refractivity contribution >= 4 is 46.0 Å². The number of rotatable bonds is 7. The minimum absolute atomic E-state index is 0.00702.